The van der Waals surface area contributed by atoms with Crippen molar-refractivity contribution in [2.45, 2.75) is 0 Å². The van der Waals surface area contributed by atoms with Gasteiger partial charge in [0.1, 0.15) is 12.9 Å². The van der Waals surface area contributed by atoms with Gasteiger partial charge in [-0.25, -0.2) is 0 Å². The first-order valence-electron chi connectivity index (χ1n) is 2.08. The third-order valence-corrected chi connectivity index (χ3v) is 0.330. The van der Waals surface area contributed by atoms with Crippen LogP contribution in [0.3, 0.4) is 0 Å². The van der Waals surface area contributed by atoms with Crippen LogP contribution in [0.4, 0.5) is 0 Å². The maximum atomic E-state index is 8.08. The SMILES string of the molecule is C=COOOCCO. The van der Waals surface area contributed by atoms with E-state index in [4.69, 9.17) is 5.11 Å². The first kappa shape index (κ1) is 7.42. The van der Waals surface area contributed by atoms with E-state index in [2.05, 4.69) is 21.4 Å². The molecule has 0 saturated carbocycles. The van der Waals surface area contributed by atoms with Gasteiger partial charge in [0.05, 0.1) is 6.61 Å². The molecule has 0 heterocycles. The van der Waals surface area contributed by atoms with Crippen molar-refractivity contribution in [3.05, 3.63) is 12.8 Å². The van der Waals surface area contributed by atoms with Crippen LogP contribution in [-0.4, -0.2) is 18.3 Å². The molecule has 0 aromatic heterocycles. The highest BCUT2D eigenvalue weighted by molar-refractivity contribution is 4.41. The van der Waals surface area contributed by atoms with Gasteiger partial charge in [0.15, 0.2) is 0 Å². The van der Waals surface area contributed by atoms with E-state index >= 15 is 0 Å². The van der Waals surface area contributed by atoms with Crippen LogP contribution in [0.1, 0.15) is 0 Å². The Morgan fingerprint density at radius 3 is 2.88 bits per heavy atom. The molecule has 4 nitrogen and oxygen atoms in total. The average molecular weight is 120 g/mol. The van der Waals surface area contributed by atoms with E-state index in [1.54, 1.807) is 0 Å². The predicted molar refractivity (Wildman–Crippen MR) is 25.4 cm³/mol. The topological polar surface area (TPSA) is 47.9 Å². The van der Waals surface area contributed by atoms with E-state index in [0.29, 0.717) is 0 Å². The van der Waals surface area contributed by atoms with Crippen LogP contribution in [0, 0.1) is 0 Å². The van der Waals surface area contributed by atoms with Gasteiger partial charge in [0.25, 0.3) is 0 Å². The van der Waals surface area contributed by atoms with Gasteiger partial charge in [0.2, 0.25) is 0 Å². The third kappa shape index (κ3) is 5.42. The smallest absolute Gasteiger partial charge is 0.125 e. The molecule has 0 spiro atoms. The lowest BCUT2D eigenvalue weighted by Crippen LogP contribution is -1.98. The predicted octanol–water partition coefficient (Wildman–Crippen LogP) is 0.00200. The molecular formula is C4H8O4. The summed E-state index contributed by atoms with van der Waals surface area (Å²) in [4.78, 5) is 8.25. The first-order valence-corrected chi connectivity index (χ1v) is 2.08. The lowest BCUT2D eigenvalue weighted by Gasteiger charge is -1.95. The maximum absolute atomic E-state index is 8.08. The fourth-order valence-corrected chi connectivity index (χ4v) is 0.127. The Morgan fingerprint density at radius 1 is 1.62 bits per heavy atom. The molecule has 8 heavy (non-hydrogen) atoms. The third-order valence-electron chi connectivity index (χ3n) is 0.330. The molecule has 0 aliphatic heterocycles. The molecule has 48 valence electrons. The summed E-state index contributed by atoms with van der Waals surface area (Å²) >= 11 is 0. The van der Waals surface area contributed by atoms with Crippen molar-refractivity contribution in [1.29, 1.82) is 0 Å². The van der Waals surface area contributed by atoms with Crippen molar-refractivity contribution < 1.29 is 19.9 Å². The molecule has 0 aromatic rings. The highest BCUT2D eigenvalue weighted by Gasteiger charge is 1.81. The summed E-state index contributed by atoms with van der Waals surface area (Å²) in [6, 6.07) is 0. The minimum Gasteiger partial charge on any atom is -0.394 e. The molecule has 0 rings (SSSR count). The van der Waals surface area contributed by atoms with Crippen LogP contribution in [0.15, 0.2) is 12.8 Å². The van der Waals surface area contributed by atoms with E-state index in [0.717, 1.165) is 6.26 Å². The first-order chi connectivity index (χ1) is 3.91. The Kier molecular flexibility index (Phi) is 5.95. The zero-order valence-electron chi connectivity index (χ0n) is 4.37. The molecule has 1 N–H and O–H groups in total. The quantitative estimate of drug-likeness (QED) is 0.240. The van der Waals surface area contributed by atoms with Crippen LogP contribution < -0.4 is 0 Å². The fourth-order valence-electron chi connectivity index (χ4n) is 0.127. The molecule has 0 saturated heterocycles. The number of hydrogen-bond donors (Lipinski definition) is 1. The molecule has 0 fully saturated rings. The van der Waals surface area contributed by atoms with Crippen molar-refractivity contribution >= 4 is 0 Å². The number of hydrogen-bond acceptors (Lipinski definition) is 4. The van der Waals surface area contributed by atoms with Gasteiger partial charge in [-0.15, -0.1) is 0 Å². The summed E-state index contributed by atoms with van der Waals surface area (Å²) in [6.45, 7) is 3.16. The van der Waals surface area contributed by atoms with Gasteiger partial charge in [0, 0.05) is 0 Å². The molecule has 0 bridgehead atoms. The number of rotatable bonds is 5. The van der Waals surface area contributed by atoms with Gasteiger partial charge in [-0.3, -0.25) is 0 Å². The van der Waals surface area contributed by atoms with Crippen molar-refractivity contribution in [2.24, 2.45) is 0 Å². The standard InChI is InChI=1S/C4H8O4/c1-2-6-8-7-4-3-5/h2,5H,1,3-4H2. The Bertz CT molecular complexity index is 54.0. The monoisotopic (exact) mass is 120 g/mol. The second-order valence-electron chi connectivity index (χ2n) is 0.877. The molecule has 0 radical (unpaired) electrons. The lowest BCUT2D eigenvalue weighted by atomic mass is 10.8. The summed E-state index contributed by atoms with van der Waals surface area (Å²) in [5.41, 5.74) is 0. The Hall–Kier alpha value is -0.580. The van der Waals surface area contributed by atoms with Gasteiger partial charge in [-0.1, -0.05) is 6.58 Å². The van der Waals surface area contributed by atoms with Crippen LogP contribution in [0.5, 0.6) is 0 Å². The summed E-state index contributed by atoms with van der Waals surface area (Å²) < 4.78 is 0. The van der Waals surface area contributed by atoms with Crippen molar-refractivity contribution in [3.63, 3.8) is 0 Å². The normalized spacial score (nSPS) is 8.62. The van der Waals surface area contributed by atoms with Crippen molar-refractivity contribution in [2.75, 3.05) is 13.2 Å². The average Bonchev–Trinajstić information content (AvgIpc) is 1.81. The Morgan fingerprint density at radius 2 is 2.38 bits per heavy atom. The van der Waals surface area contributed by atoms with E-state index in [1.165, 1.54) is 0 Å². The zero-order valence-corrected chi connectivity index (χ0v) is 4.37. The highest BCUT2D eigenvalue weighted by Crippen LogP contribution is 1.78. The van der Waals surface area contributed by atoms with Crippen LogP contribution >= 0.6 is 0 Å². The summed E-state index contributed by atoms with van der Waals surface area (Å²) in [6.07, 6.45) is 1.07. The second kappa shape index (κ2) is 6.42. The molecule has 0 aliphatic carbocycles. The minimum atomic E-state index is -0.0967. The Balaban J connectivity index is 2.62. The van der Waals surface area contributed by atoms with Gasteiger partial charge in [-0.05, 0) is 5.04 Å². The van der Waals surface area contributed by atoms with Gasteiger partial charge < -0.3 is 9.99 Å². The molecular weight excluding hydrogens is 112 g/mol. The molecule has 4 heteroatoms. The summed E-state index contributed by atoms with van der Waals surface area (Å²) in [7, 11) is 0. The Labute approximate surface area is 47.1 Å². The highest BCUT2D eigenvalue weighted by atomic mass is 17.5. The molecule has 0 atom stereocenters. The van der Waals surface area contributed by atoms with E-state index in [9.17, 15) is 0 Å². The van der Waals surface area contributed by atoms with Gasteiger partial charge in [-0.2, -0.15) is 4.89 Å². The molecule has 0 unspecified atom stereocenters. The van der Waals surface area contributed by atoms with E-state index < -0.39 is 0 Å². The summed E-state index contributed by atoms with van der Waals surface area (Å²) in [5.74, 6) is 0. The number of aliphatic hydroxyl groups excluding tert-OH is 1. The maximum Gasteiger partial charge on any atom is 0.125 e. The largest absolute Gasteiger partial charge is 0.394 e. The van der Waals surface area contributed by atoms with Crippen LogP contribution in [-0.2, 0) is 14.8 Å². The summed E-state index contributed by atoms with van der Waals surface area (Å²) in [5, 5.41) is 12.0. The van der Waals surface area contributed by atoms with E-state index in [1.807, 2.05) is 0 Å². The van der Waals surface area contributed by atoms with Crippen molar-refractivity contribution in [3.8, 4) is 0 Å². The van der Waals surface area contributed by atoms with Gasteiger partial charge >= 0.3 is 0 Å². The van der Waals surface area contributed by atoms with Crippen LogP contribution in [0.25, 0.3) is 0 Å². The molecule has 0 aromatic carbocycles. The molecule has 0 amide bonds. The lowest BCUT2D eigenvalue weighted by molar-refractivity contribution is -0.490. The molecule has 0 aliphatic rings. The van der Waals surface area contributed by atoms with Crippen molar-refractivity contribution in [1.82, 2.24) is 0 Å². The second-order valence-corrected chi connectivity index (χ2v) is 0.877. The fraction of sp³-hybridized carbons (Fsp3) is 0.500. The zero-order chi connectivity index (χ0) is 6.24. The minimum absolute atomic E-state index is 0.0911. The van der Waals surface area contributed by atoms with Crippen LogP contribution in [0.2, 0.25) is 0 Å². The number of aliphatic hydroxyl groups is 1. The van der Waals surface area contributed by atoms with E-state index in [-0.39, 0.29) is 13.2 Å².